The maximum atomic E-state index is 13.1. The summed E-state index contributed by atoms with van der Waals surface area (Å²) in [5, 5.41) is 0.572. The first-order chi connectivity index (χ1) is 17.0. The number of hydrogen-bond donors (Lipinski definition) is 0. The second-order valence-electron chi connectivity index (χ2n) is 7.98. The summed E-state index contributed by atoms with van der Waals surface area (Å²) in [6.45, 7) is 3.60. The number of amides is 1. The Morgan fingerprint density at radius 1 is 0.971 bits per heavy atom. The van der Waals surface area contributed by atoms with Gasteiger partial charge in [0, 0.05) is 17.0 Å². The number of carbonyl (C=O) groups is 1. The first-order valence-electron chi connectivity index (χ1n) is 11.5. The molecule has 1 aliphatic rings. The molecule has 4 rings (SSSR count). The summed E-state index contributed by atoms with van der Waals surface area (Å²) in [6, 6.07) is 23.3. The molecule has 1 amide bonds. The second-order valence-corrected chi connectivity index (χ2v) is 10.1. The zero-order chi connectivity index (χ0) is 24.6. The molecule has 0 N–H and O–H groups in total. The Morgan fingerprint density at radius 3 is 2.46 bits per heavy atom. The van der Waals surface area contributed by atoms with Crippen molar-refractivity contribution < 1.29 is 14.3 Å². The van der Waals surface area contributed by atoms with Gasteiger partial charge < -0.3 is 9.47 Å². The standard InChI is InChI=1S/C28H26ClNO3S2/c1-2-20-9-12-24(13-10-20)32-15-6-16-33-25-14-11-23(29)17-22(25)18-26-27(31)30(28(34)35-26)19-21-7-4-3-5-8-21/h3-5,7-14,17-18H,2,6,15-16,19H2,1H3. The van der Waals surface area contributed by atoms with E-state index in [-0.39, 0.29) is 5.91 Å². The first kappa shape index (κ1) is 25.3. The molecule has 180 valence electrons. The van der Waals surface area contributed by atoms with Gasteiger partial charge in [-0.25, -0.2) is 0 Å². The van der Waals surface area contributed by atoms with Crippen LogP contribution in [0.3, 0.4) is 0 Å². The summed E-state index contributed by atoms with van der Waals surface area (Å²) in [7, 11) is 0. The number of thiocarbonyl (C=S) groups is 1. The molecule has 3 aromatic rings. The van der Waals surface area contributed by atoms with Gasteiger partial charge in [0.05, 0.1) is 24.7 Å². The normalized spacial score (nSPS) is 14.6. The molecule has 0 bridgehead atoms. The van der Waals surface area contributed by atoms with Crippen LogP contribution in [0.4, 0.5) is 0 Å². The summed E-state index contributed by atoms with van der Waals surface area (Å²) < 4.78 is 12.4. The van der Waals surface area contributed by atoms with Gasteiger partial charge in [-0.05, 0) is 54.0 Å². The maximum absolute atomic E-state index is 13.1. The van der Waals surface area contributed by atoms with Crippen LogP contribution in [0.15, 0.2) is 77.7 Å². The predicted molar refractivity (Wildman–Crippen MR) is 148 cm³/mol. The van der Waals surface area contributed by atoms with E-state index in [0.717, 1.165) is 29.7 Å². The molecule has 7 heteroatoms. The topological polar surface area (TPSA) is 38.8 Å². The number of hydrogen-bond acceptors (Lipinski definition) is 5. The smallest absolute Gasteiger partial charge is 0.266 e. The highest BCUT2D eigenvalue weighted by molar-refractivity contribution is 8.26. The molecule has 3 aromatic carbocycles. The summed E-state index contributed by atoms with van der Waals surface area (Å²) in [4.78, 5) is 15.2. The van der Waals surface area contributed by atoms with Crippen LogP contribution in [0, 0.1) is 0 Å². The van der Waals surface area contributed by atoms with Crippen molar-refractivity contribution in [3.8, 4) is 11.5 Å². The van der Waals surface area contributed by atoms with Crippen molar-refractivity contribution in [2.45, 2.75) is 26.3 Å². The van der Waals surface area contributed by atoms with Gasteiger partial charge in [0.25, 0.3) is 5.91 Å². The van der Waals surface area contributed by atoms with Crippen LogP contribution in [0.25, 0.3) is 6.08 Å². The lowest BCUT2D eigenvalue weighted by atomic mass is 10.1. The number of aryl methyl sites for hydroxylation is 1. The molecule has 0 atom stereocenters. The fourth-order valence-electron chi connectivity index (χ4n) is 3.56. The van der Waals surface area contributed by atoms with E-state index < -0.39 is 0 Å². The Balaban J connectivity index is 1.37. The van der Waals surface area contributed by atoms with E-state index in [1.165, 1.54) is 17.3 Å². The average Bonchev–Trinajstić information content (AvgIpc) is 3.13. The van der Waals surface area contributed by atoms with Gasteiger partial charge >= 0.3 is 0 Å². The number of halogens is 1. The van der Waals surface area contributed by atoms with Crippen molar-refractivity contribution in [3.63, 3.8) is 0 Å². The third-order valence-corrected chi connectivity index (χ3v) is 7.07. The molecule has 0 unspecified atom stereocenters. The van der Waals surface area contributed by atoms with Crippen molar-refractivity contribution in [2.24, 2.45) is 0 Å². The Bertz CT molecular complexity index is 1210. The minimum atomic E-state index is -0.114. The largest absolute Gasteiger partial charge is 0.493 e. The van der Waals surface area contributed by atoms with Crippen LogP contribution in [0.2, 0.25) is 5.02 Å². The zero-order valence-electron chi connectivity index (χ0n) is 19.4. The Kier molecular flexibility index (Phi) is 8.85. The molecule has 1 saturated heterocycles. The number of rotatable bonds is 10. The third kappa shape index (κ3) is 6.88. The van der Waals surface area contributed by atoms with Crippen LogP contribution in [0.1, 0.15) is 30.0 Å². The highest BCUT2D eigenvalue weighted by Gasteiger charge is 2.32. The zero-order valence-corrected chi connectivity index (χ0v) is 21.8. The molecule has 1 heterocycles. The predicted octanol–water partition coefficient (Wildman–Crippen LogP) is 7.15. The van der Waals surface area contributed by atoms with Gasteiger partial charge in [-0.15, -0.1) is 0 Å². The monoisotopic (exact) mass is 523 g/mol. The minimum absolute atomic E-state index is 0.114. The molecule has 0 saturated carbocycles. The third-order valence-electron chi connectivity index (χ3n) is 5.46. The molecule has 1 aliphatic heterocycles. The molecule has 0 aromatic heterocycles. The molecule has 0 radical (unpaired) electrons. The number of benzene rings is 3. The molecule has 1 fully saturated rings. The average molecular weight is 524 g/mol. The van der Waals surface area contributed by atoms with Crippen molar-refractivity contribution >= 4 is 51.9 Å². The number of thioether (sulfide) groups is 1. The quantitative estimate of drug-likeness (QED) is 0.160. The molecular weight excluding hydrogens is 498 g/mol. The van der Waals surface area contributed by atoms with E-state index in [4.69, 9.17) is 33.3 Å². The summed E-state index contributed by atoms with van der Waals surface area (Å²) >= 11 is 13.0. The van der Waals surface area contributed by atoms with Gasteiger partial charge in [-0.1, -0.05) is 85.0 Å². The summed E-state index contributed by atoms with van der Waals surface area (Å²) in [5.74, 6) is 1.40. The van der Waals surface area contributed by atoms with Crippen molar-refractivity contribution in [1.82, 2.24) is 4.90 Å². The van der Waals surface area contributed by atoms with Gasteiger partial charge in [-0.3, -0.25) is 9.69 Å². The molecular formula is C28H26ClNO3S2. The van der Waals surface area contributed by atoms with Crippen LogP contribution in [-0.2, 0) is 17.8 Å². The van der Waals surface area contributed by atoms with E-state index in [1.54, 1.807) is 23.1 Å². The summed E-state index contributed by atoms with van der Waals surface area (Å²) in [5.41, 5.74) is 3.06. The lowest BCUT2D eigenvalue weighted by molar-refractivity contribution is -0.122. The SMILES string of the molecule is CCc1ccc(OCCCOc2ccc(Cl)cc2C=C2SC(=S)N(Cc3ccccc3)C2=O)cc1. The minimum Gasteiger partial charge on any atom is -0.493 e. The molecule has 0 aliphatic carbocycles. The number of carbonyl (C=O) groups excluding carboxylic acids is 1. The Morgan fingerprint density at radius 2 is 1.71 bits per heavy atom. The first-order valence-corrected chi connectivity index (χ1v) is 13.1. The highest BCUT2D eigenvalue weighted by atomic mass is 35.5. The maximum Gasteiger partial charge on any atom is 0.266 e. The van der Waals surface area contributed by atoms with E-state index in [9.17, 15) is 4.79 Å². The lowest BCUT2D eigenvalue weighted by Gasteiger charge is -2.14. The van der Waals surface area contributed by atoms with Crippen LogP contribution >= 0.6 is 35.6 Å². The van der Waals surface area contributed by atoms with Crippen LogP contribution in [0.5, 0.6) is 11.5 Å². The highest BCUT2D eigenvalue weighted by Crippen LogP contribution is 2.36. The fourth-order valence-corrected chi connectivity index (χ4v) is 4.99. The van der Waals surface area contributed by atoms with Gasteiger partial charge in [0.2, 0.25) is 0 Å². The van der Waals surface area contributed by atoms with E-state index in [1.807, 2.05) is 48.5 Å². The van der Waals surface area contributed by atoms with Gasteiger partial charge in [0.1, 0.15) is 15.8 Å². The second kappa shape index (κ2) is 12.2. The summed E-state index contributed by atoms with van der Waals surface area (Å²) in [6.07, 6.45) is 3.53. The van der Waals surface area contributed by atoms with Crippen LogP contribution in [-0.4, -0.2) is 28.3 Å². The Labute approximate surface area is 220 Å². The Hall–Kier alpha value is -2.80. The van der Waals surface area contributed by atoms with Gasteiger partial charge in [-0.2, -0.15) is 0 Å². The van der Waals surface area contributed by atoms with Crippen molar-refractivity contribution in [2.75, 3.05) is 13.2 Å². The van der Waals surface area contributed by atoms with Crippen LogP contribution < -0.4 is 9.47 Å². The van der Waals surface area contributed by atoms with E-state index >= 15 is 0 Å². The lowest BCUT2D eigenvalue weighted by Crippen LogP contribution is -2.27. The number of ether oxygens (including phenoxy) is 2. The molecule has 4 nitrogen and oxygen atoms in total. The van der Waals surface area contributed by atoms with Crippen molar-refractivity contribution in [1.29, 1.82) is 0 Å². The molecule has 35 heavy (non-hydrogen) atoms. The number of nitrogens with zero attached hydrogens (tertiary/aromatic N) is 1. The van der Waals surface area contributed by atoms with E-state index in [2.05, 4.69) is 19.1 Å². The molecule has 0 spiro atoms. The fraction of sp³-hybridized carbons (Fsp3) is 0.214. The van der Waals surface area contributed by atoms with Crippen molar-refractivity contribution in [3.05, 3.63) is 99.4 Å². The van der Waals surface area contributed by atoms with Gasteiger partial charge in [0.15, 0.2) is 0 Å². The van der Waals surface area contributed by atoms with E-state index in [0.29, 0.717) is 39.8 Å².